The quantitative estimate of drug-likeness (QED) is 0.0613. The standard InChI is InChI=1S/C21H22N4O2.C11H10N2O2.C10H14N2O/c1-15(21-18-10-6-7-11-19(18)23-24-21)14-20(27)25(13-12-22-16(2)26)17-8-4-3-5-9-17;1-7(6-10(14)15)11-8-4-2-3-5-9(8)12-13-11;1-9(13)11-7-8-12-10-5-3-2-4-6-10/h3-11,14H,12-13H2,1-2H3,(H,22,26)(H,23,24);2-6H,1H3,(H,12,13)(H,14,15);2-6,12H,7-8H2,1H3,(H,11,13)/b15-14+;7-6+;. The van der Waals surface area contributed by atoms with Crippen LogP contribution in [0.15, 0.2) is 121 Å². The first-order valence-electron chi connectivity index (χ1n) is 17.6. The van der Waals surface area contributed by atoms with Gasteiger partial charge in [0.15, 0.2) is 0 Å². The van der Waals surface area contributed by atoms with Crippen LogP contribution in [0.4, 0.5) is 11.4 Å². The zero-order valence-corrected chi connectivity index (χ0v) is 31.3. The lowest BCUT2D eigenvalue weighted by atomic mass is 10.1. The van der Waals surface area contributed by atoms with Crippen molar-refractivity contribution in [3.8, 4) is 0 Å². The van der Waals surface area contributed by atoms with E-state index in [9.17, 15) is 19.2 Å². The van der Waals surface area contributed by atoms with Crippen LogP contribution >= 0.6 is 0 Å². The van der Waals surface area contributed by atoms with Crippen LogP contribution in [-0.4, -0.2) is 75.4 Å². The molecule has 0 saturated heterocycles. The smallest absolute Gasteiger partial charge is 0.328 e. The topological polar surface area (TPSA) is 185 Å². The van der Waals surface area contributed by atoms with Crippen molar-refractivity contribution in [1.82, 2.24) is 31.0 Å². The number of carboxylic acid groups (broad SMARTS) is 1. The van der Waals surface area contributed by atoms with Crippen molar-refractivity contribution >= 4 is 68.0 Å². The summed E-state index contributed by atoms with van der Waals surface area (Å²) in [6.07, 6.45) is 2.74. The van der Waals surface area contributed by atoms with Gasteiger partial charge in [-0.05, 0) is 61.4 Å². The number of amides is 3. The van der Waals surface area contributed by atoms with Crippen LogP contribution < -0.4 is 20.9 Å². The van der Waals surface area contributed by atoms with Crippen LogP contribution in [0.2, 0.25) is 0 Å². The number of hydrogen-bond donors (Lipinski definition) is 6. The Labute approximate surface area is 319 Å². The Hall–Kier alpha value is -7.02. The Morgan fingerprint density at radius 2 is 1.09 bits per heavy atom. The summed E-state index contributed by atoms with van der Waals surface area (Å²) >= 11 is 0. The summed E-state index contributed by atoms with van der Waals surface area (Å²) in [7, 11) is 0. The predicted molar refractivity (Wildman–Crippen MR) is 218 cm³/mol. The minimum Gasteiger partial charge on any atom is -0.478 e. The van der Waals surface area contributed by atoms with Crippen molar-refractivity contribution < 1.29 is 24.3 Å². The zero-order valence-electron chi connectivity index (χ0n) is 31.3. The molecule has 284 valence electrons. The zero-order chi connectivity index (χ0) is 39.6. The highest BCUT2D eigenvalue weighted by atomic mass is 16.4. The van der Waals surface area contributed by atoms with Crippen molar-refractivity contribution in [2.24, 2.45) is 0 Å². The number of anilines is 2. The van der Waals surface area contributed by atoms with E-state index in [1.165, 1.54) is 13.8 Å². The molecule has 3 amide bonds. The summed E-state index contributed by atoms with van der Waals surface area (Å²) in [5.41, 5.74) is 6.56. The first kappa shape index (κ1) is 40.7. The summed E-state index contributed by atoms with van der Waals surface area (Å²) in [6.45, 7) is 8.76. The summed E-state index contributed by atoms with van der Waals surface area (Å²) in [5.74, 6) is -1.23. The maximum absolute atomic E-state index is 13.0. The molecule has 0 spiro atoms. The Kier molecular flexibility index (Phi) is 15.5. The highest BCUT2D eigenvalue weighted by Gasteiger charge is 2.16. The molecule has 2 heterocycles. The number of nitrogens with zero attached hydrogens (tertiary/aromatic N) is 3. The number of allylic oxidation sites excluding steroid dienone is 2. The van der Waals surface area contributed by atoms with Crippen LogP contribution in [0.5, 0.6) is 0 Å². The number of nitrogens with one attached hydrogen (secondary N) is 5. The molecule has 0 aliphatic heterocycles. The van der Waals surface area contributed by atoms with Gasteiger partial charge in [-0.3, -0.25) is 24.6 Å². The minimum absolute atomic E-state index is 0.00913. The van der Waals surface area contributed by atoms with Gasteiger partial charge in [-0.15, -0.1) is 0 Å². The lowest BCUT2D eigenvalue weighted by molar-refractivity contribution is -0.131. The van der Waals surface area contributed by atoms with Crippen LogP contribution in [0.25, 0.3) is 33.0 Å². The third kappa shape index (κ3) is 12.9. The van der Waals surface area contributed by atoms with E-state index in [4.69, 9.17) is 5.11 Å². The van der Waals surface area contributed by atoms with Crippen molar-refractivity contribution in [2.75, 3.05) is 36.4 Å². The fraction of sp³-hybridized carbons (Fsp3) is 0.190. The number of fused-ring (bicyclic) bond motifs is 2. The molecule has 0 aliphatic carbocycles. The molecule has 13 nitrogen and oxygen atoms in total. The minimum atomic E-state index is -0.959. The van der Waals surface area contributed by atoms with Gasteiger partial charge in [0, 0.05) is 74.3 Å². The van der Waals surface area contributed by atoms with E-state index >= 15 is 0 Å². The van der Waals surface area contributed by atoms with Gasteiger partial charge in [0.2, 0.25) is 11.8 Å². The molecule has 0 atom stereocenters. The van der Waals surface area contributed by atoms with E-state index in [1.54, 1.807) is 17.9 Å². The molecule has 0 unspecified atom stereocenters. The summed E-state index contributed by atoms with van der Waals surface area (Å²) in [4.78, 5) is 46.8. The highest BCUT2D eigenvalue weighted by Crippen LogP contribution is 2.24. The fourth-order valence-corrected chi connectivity index (χ4v) is 5.43. The molecule has 6 N–H and O–H groups in total. The number of benzene rings is 4. The van der Waals surface area contributed by atoms with Gasteiger partial charge < -0.3 is 26.0 Å². The second-order valence-electron chi connectivity index (χ2n) is 12.3. The molecule has 6 rings (SSSR count). The van der Waals surface area contributed by atoms with E-state index in [2.05, 4.69) is 36.3 Å². The number of rotatable bonds is 12. The van der Waals surface area contributed by atoms with E-state index in [0.29, 0.717) is 30.9 Å². The van der Waals surface area contributed by atoms with Gasteiger partial charge >= 0.3 is 5.97 Å². The van der Waals surface area contributed by atoms with Crippen molar-refractivity contribution in [3.63, 3.8) is 0 Å². The number of aromatic nitrogens is 4. The van der Waals surface area contributed by atoms with Gasteiger partial charge in [0.1, 0.15) is 0 Å². The van der Waals surface area contributed by atoms with Gasteiger partial charge in [-0.25, -0.2) is 4.79 Å². The van der Waals surface area contributed by atoms with Crippen LogP contribution in [-0.2, 0) is 19.2 Å². The number of aliphatic carboxylic acids is 1. The third-order valence-corrected chi connectivity index (χ3v) is 8.01. The molecule has 0 bridgehead atoms. The molecule has 55 heavy (non-hydrogen) atoms. The number of carboxylic acids is 1. The Morgan fingerprint density at radius 1 is 0.618 bits per heavy atom. The number of aromatic amines is 2. The maximum Gasteiger partial charge on any atom is 0.328 e. The van der Waals surface area contributed by atoms with Gasteiger partial charge in [0.05, 0.1) is 22.4 Å². The van der Waals surface area contributed by atoms with Crippen molar-refractivity contribution in [2.45, 2.75) is 27.7 Å². The molecule has 0 fully saturated rings. The average molecular weight is 743 g/mol. The first-order chi connectivity index (χ1) is 26.5. The SMILES string of the molecule is C/C(=C\C(=O)O)c1n[nH]c2ccccc12.CC(=O)NCCN(C(=O)/C=C(\C)c1n[nH]c2ccccc12)c1ccccc1.CC(=O)NCCNc1ccccc1. The Bertz CT molecular complexity index is 2240. The van der Waals surface area contributed by atoms with E-state index < -0.39 is 5.97 Å². The molecular formula is C42H46N8O5. The number of carbonyl (C=O) groups excluding carboxylic acids is 3. The summed E-state index contributed by atoms with van der Waals surface area (Å²) in [5, 5.41) is 33.5. The van der Waals surface area contributed by atoms with Gasteiger partial charge in [-0.1, -0.05) is 72.8 Å². The number of carbonyl (C=O) groups is 4. The largest absolute Gasteiger partial charge is 0.478 e. The normalized spacial score (nSPS) is 11.1. The number of H-pyrrole nitrogens is 2. The van der Waals surface area contributed by atoms with Gasteiger partial charge in [-0.2, -0.15) is 10.2 Å². The van der Waals surface area contributed by atoms with Crippen molar-refractivity contribution in [1.29, 1.82) is 0 Å². The van der Waals surface area contributed by atoms with Crippen LogP contribution in [0.3, 0.4) is 0 Å². The fourth-order valence-electron chi connectivity index (χ4n) is 5.43. The summed E-state index contributed by atoms with van der Waals surface area (Å²) in [6, 6.07) is 34.7. The number of hydrogen-bond acceptors (Lipinski definition) is 7. The van der Waals surface area contributed by atoms with Crippen molar-refractivity contribution in [3.05, 3.63) is 133 Å². The maximum atomic E-state index is 13.0. The molecule has 0 aliphatic rings. The third-order valence-electron chi connectivity index (χ3n) is 8.01. The highest BCUT2D eigenvalue weighted by molar-refractivity contribution is 6.07. The molecule has 0 saturated carbocycles. The molecule has 2 aromatic heterocycles. The second-order valence-corrected chi connectivity index (χ2v) is 12.3. The number of para-hydroxylation sites is 4. The Balaban J connectivity index is 0.000000202. The Morgan fingerprint density at radius 3 is 1.62 bits per heavy atom. The molecule has 13 heteroatoms. The molecule has 4 aromatic carbocycles. The molecule has 0 radical (unpaired) electrons. The van der Waals surface area contributed by atoms with E-state index in [1.807, 2.05) is 116 Å². The van der Waals surface area contributed by atoms with Crippen LogP contribution in [0.1, 0.15) is 39.1 Å². The van der Waals surface area contributed by atoms with E-state index in [0.717, 1.165) is 57.1 Å². The van der Waals surface area contributed by atoms with Gasteiger partial charge in [0.25, 0.3) is 5.91 Å². The summed E-state index contributed by atoms with van der Waals surface area (Å²) < 4.78 is 0. The predicted octanol–water partition coefficient (Wildman–Crippen LogP) is 6.42. The van der Waals surface area contributed by atoms with Crippen LogP contribution in [0, 0.1) is 0 Å². The first-order valence-corrected chi connectivity index (χ1v) is 17.6. The lowest BCUT2D eigenvalue weighted by Crippen LogP contribution is -2.37. The monoisotopic (exact) mass is 742 g/mol. The second kappa shape index (κ2) is 20.9. The molecule has 6 aromatic rings. The van der Waals surface area contributed by atoms with E-state index in [-0.39, 0.29) is 17.7 Å². The average Bonchev–Trinajstić information content (AvgIpc) is 3.81. The lowest BCUT2D eigenvalue weighted by Gasteiger charge is -2.22. The molecular weight excluding hydrogens is 697 g/mol.